The fourth-order valence-electron chi connectivity index (χ4n) is 2.03. The standard InChI is InChI=1S/C13H11N3O5/c1-7-6-8(2)15(14-7)12(17)11-9(13(18)19)4-3-5-10(11)16(20)21/h3-6H,1-2H3,(H,18,19)/p-1. The summed E-state index contributed by atoms with van der Waals surface area (Å²) < 4.78 is 0.935. The van der Waals surface area contributed by atoms with Crippen LogP contribution in [0.2, 0.25) is 0 Å². The molecule has 108 valence electrons. The maximum Gasteiger partial charge on any atom is 0.286 e. The minimum absolute atomic E-state index is 0.444. The molecule has 0 aliphatic carbocycles. The van der Waals surface area contributed by atoms with Crippen molar-refractivity contribution < 1.29 is 19.6 Å². The highest BCUT2D eigenvalue weighted by molar-refractivity contribution is 6.08. The molecule has 0 saturated carbocycles. The van der Waals surface area contributed by atoms with Crippen molar-refractivity contribution in [1.82, 2.24) is 9.78 Å². The smallest absolute Gasteiger partial charge is 0.286 e. The third-order valence-electron chi connectivity index (χ3n) is 2.87. The lowest BCUT2D eigenvalue weighted by Crippen LogP contribution is -2.27. The first-order valence-corrected chi connectivity index (χ1v) is 5.89. The molecule has 0 spiro atoms. The molecule has 1 heterocycles. The van der Waals surface area contributed by atoms with E-state index in [1.54, 1.807) is 19.9 Å². The van der Waals surface area contributed by atoms with Gasteiger partial charge in [0.05, 0.1) is 16.6 Å². The van der Waals surface area contributed by atoms with Crippen molar-refractivity contribution in [2.75, 3.05) is 0 Å². The second-order valence-corrected chi connectivity index (χ2v) is 4.39. The lowest BCUT2D eigenvalue weighted by atomic mass is 10.0. The summed E-state index contributed by atoms with van der Waals surface area (Å²) in [5, 5.41) is 26.1. The van der Waals surface area contributed by atoms with Crippen LogP contribution in [-0.4, -0.2) is 26.6 Å². The topological polar surface area (TPSA) is 118 Å². The number of aromatic nitrogens is 2. The summed E-state index contributed by atoms with van der Waals surface area (Å²) in [7, 11) is 0. The van der Waals surface area contributed by atoms with Gasteiger partial charge >= 0.3 is 0 Å². The van der Waals surface area contributed by atoms with Gasteiger partial charge in [0, 0.05) is 17.3 Å². The van der Waals surface area contributed by atoms with E-state index in [1.807, 2.05) is 0 Å². The Morgan fingerprint density at radius 3 is 2.43 bits per heavy atom. The molecular formula is C13H10N3O5-. The first kappa shape index (κ1) is 14.4. The van der Waals surface area contributed by atoms with Gasteiger partial charge in [0.25, 0.3) is 11.6 Å². The summed E-state index contributed by atoms with van der Waals surface area (Å²) in [6.07, 6.45) is 0. The Kier molecular flexibility index (Phi) is 3.53. The average Bonchev–Trinajstić information content (AvgIpc) is 2.75. The second kappa shape index (κ2) is 5.16. The van der Waals surface area contributed by atoms with Gasteiger partial charge in [0.2, 0.25) is 0 Å². The van der Waals surface area contributed by atoms with Crippen molar-refractivity contribution >= 4 is 17.6 Å². The van der Waals surface area contributed by atoms with Crippen LogP contribution in [0.3, 0.4) is 0 Å². The Balaban J connectivity index is 2.72. The van der Waals surface area contributed by atoms with Gasteiger partial charge in [-0.25, -0.2) is 4.68 Å². The highest BCUT2D eigenvalue weighted by atomic mass is 16.6. The molecule has 21 heavy (non-hydrogen) atoms. The van der Waals surface area contributed by atoms with Gasteiger partial charge in [-0.2, -0.15) is 5.10 Å². The summed E-state index contributed by atoms with van der Waals surface area (Å²) in [5.74, 6) is -2.55. The highest BCUT2D eigenvalue weighted by Gasteiger charge is 2.27. The third-order valence-corrected chi connectivity index (χ3v) is 2.87. The van der Waals surface area contributed by atoms with Gasteiger partial charge in [-0.3, -0.25) is 14.9 Å². The number of hydrogen-bond acceptors (Lipinski definition) is 6. The van der Waals surface area contributed by atoms with E-state index in [0.29, 0.717) is 11.4 Å². The predicted octanol–water partition coefficient (Wildman–Crippen LogP) is 0.460. The Morgan fingerprint density at radius 1 is 1.29 bits per heavy atom. The lowest BCUT2D eigenvalue weighted by molar-refractivity contribution is -0.385. The first-order chi connectivity index (χ1) is 9.82. The summed E-state index contributed by atoms with van der Waals surface area (Å²) in [6.45, 7) is 3.24. The number of aromatic carboxylic acids is 1. The van der Waals surface area contributed by atoms with Crippen LogP contribution >= 0.6 is 0 Å². The largest absolute Gasteiger partial charge is 0.545 e. The van der Waals surface area contributed by atoms with Crippen molar-refractivity contribution in [3.63, 3.8) is 0 Å². The summed E-state index contributed by atoms with van der Waals surface area (Å²) >= 11 is 0. The molecule has 8 nitrogen and oxygen atoms in total. The van der Waals surface area contributed by atoms with E-state index in [0.717, 1.165) is 16.8 Å². The van der Waals surface area contributed by atoms with Gasteiger partial charge in [0.15, 0.2) is 0 Å². The Hall–Kier alpha value is -3.03. The van der Waals surface area contributed by atoms with Crippen molar-refractivity contribution in [2.24, 2.45) is 0 Å². The molecule has 0 fully saturated rings. The Labute approximate surface area is 118 Å². The maximum atomic E-state index is 12.4. The number of carboxylic acid groups (broad SMARTS) is 1. The van der Waals surface area contributed by atoms with Crippen LogP contribution in [-0.2, 0) is 0 Å². The van der Waals surface area contributed by atoms with Crippen LogP contribution < -0.4 is 5.11 Å². The summed E-state index contributed by atoms with van der Waals surface area (Å²) in [4.78, 5) is 33.8. The molecule has 0 atom stereocenters. The Morgan fingerprint density at radius 2 is 1.95 bits per heavy atom. The molecule has 2 rings (SSSR count). The van der Waals surface area contributed by atoms with Crippen molar-refractivity contribution in [1.29, 1.82) is 0 Å². The van der Waals surface area contributed by atoms with E-state index < -0.39 is 33.6 Å². The summed E-state index contributed by atoms with van der Waals surface area (Å²) in [5.41, 5.74) is -0.709. The normalized spacial score (nSPS) is 10.4. The van der Waals surface area contributed by atoms with E-state index in [1.165, 1.54) is 6.07 Å². The number of rotatable bonds is 3. The zero-order chi connectivity index (χ0) is 15.7. The average molecular weight is 288 g/mol. The van der Waals surface area contributed by atoms with Crippen LogP contribution in [0.25, 0.3) is 0 Å². The molecule has 0 unspecified atom stereocenters. The van der Waals surface area contributed by atoms with E-state index in [-0.39, 0.29) is 0 Å². The zero-order valence-corrected chi connectivity index (χ0v) is 11.2. The highest BCUT2D eigenvalue weighted by Crippen LogP contribution is 2.23. The number of nitro benzene ring substituents is 1. The SMILES string of the molecule is Cc1cc(C)n(C(=O)c2c(C(=O)[O-])cccc2[N+](=O)[O-])n1. The molecule has 0 N–H and O–H groups in total. The molecule has 1 aromatic carbocycles. The molecule has 0 saturated heterocycles. The van der Waals surface area contributed by atoms with Gasteiger partial charge in [-0.1, -0.05) is 12.1 Å². The predicted molar refractivity (Wildman–Crippen MR) is 68.9 cm³/mol. The number of aryl methyl sites for hydroxylation is 2. The van der Waals surface area contributed by atoms with E-state index in [4.69, 9.17) is 0 Å². The molecule has 1 aromatic heterocycles. The van der Waals surface area contributed by atoms with E-state index >= 15 is 0 Å². The number of hydrogen-bond donors (Lipinski definition) is 0. The first-order valence-electron chi connectivity index (χ1n) is 5.89. The third kappa shape index (κ3) is 2.50. The van der Waals surface area contributed by atoms with Gasteiger partial charge in [-0.05, 0) is 19.9 Å². The van der Waals surface area contributed by atoms with Crippen LogP contribution in [0.1, 0.15) is 32.1 Å². The molecule has 0 amide bonds. The van der Waals surface area contributed by atoms with Crippen molar-refractivity contribution in [3.8, 4) is 0 Å². The number of carboxylic acids is 1. The molecule has 2 aromatic rings. The number of benzene rings is 1. The van der Waals surface area contributed by atoms with Crippen LogP contribution in [0, 0.1) is 24.0 Å². The van der Waals surface area contributed by atoms with Crippen LogP contribution in [0.4, 0.5) is 5.69 Å². The van der Waals surface area contributed by atoms with Crippen molar-refractivity contribution in [2.45, 2.75) is 13.8 Å². The Bertz CT molecular complexity index is 731. The minimum atomic E-state index is -1.66. The molecule has 0 aliphatic rings. The summed E-state index contributed by atoms with van der Waals surface area (Å²) in [6, 6.07) is 4.93. The van der Waals surface area contributed by atoms with Crippen LogP contribution in [0.15, 0.2) is 24.3 Å². The van der Waals surface area contributed by atoms with Gasteiger partial charge in [0.1, 0.15) is 5.56 Å². The maximum absolute atomic E-state index is 12.4. The quantitative estimate of drug-likeness (QED) is 0.598. The molecule has 8 heteroatoms. The molecule has 0 radical (unpaired) electrons. The number of nitro groups is 1. The van der Waals surface area contributed by atoms with E-state index in [9.17, 15) is 24.8 Å². The van der Waals surface area contributed by atoms with Crippen LogP contribution in [0.5, 0.6) is 0 Å². The fraction of sp³-hybridized carbons (Fsp3) is 0.154. The number of carbonyl (C=O) groups excluding carboxylic acids is 2. The lowest BCUT2D eigenvalue weighted by Gasteiger charge is -2.10. The van der Waals surface area contributed by atoms with E-state index in [2.05, 4.69) is 5.10 Å². The second-order valence-electron chi connectivity index (χ2n) is 4.39. The van der Waals surface area contributed by atoms with Gasteiger partial charge in [-0.15, -0.1) is 0 Å². The van der Waals surface area contributed by atoms with Gasteiger partial charge < -0.3 is 9.90 Å². The fourth-order valence-corrected chi connectivity index (χ4v) is 2.03. The number of carbonyl (C=O) groups is 2. The molecule has 0 aliphatic heterocycles. The molecular weight excluding hydrogens is 278 g/mol. The van der Waals surface area contributed by atoms with Crippen molar-refractivity contribution in [3.05, 3.63) is 56.9 Å². The minimum Gasteiger partial charge on any atom is -0.545 e. The number of nitrogens with zero attached hydrogens (tertiary/aromatic N) is 3. The zero-order valence-electron chi connectivity index (χ0n) is 11.2. The molecule has 0 bridgehead atoms. The monoisotopic (exact) mass is 288 g/mol.